The van der Waals surface area contributed by atoms with Gasteiger partial charge in [-0.25, -0.2) is 0 Å². The van der Waals surface area contributed by atoms with E-state index < -0.39 is 6.04 Å². The lowest BCUT2D eigenvalue weighted by Gasteiger charge is -2.21. The number of amides is 1. The maximum Gasteiger partial charge on any atom is 0.243 e. The first-order valence-corrected chi connectivity index (χ1v) is 5.74. The summed E-state index contributed by atoms with van der Waals surface area (Å²) in [4.78, 5) is 13.8. The lowest BCUT2D eigenvalue weighted by Crippen LogP contribution is -2.36. The van der Waals surface area contributed by atoms with Crippen LogP contribution >= 0.6 is 0 Å². The van der Waals surface area contributed by atoms with Crippen LogP contribution < -0.4 is 5.73 Å². The van der Waals surface area contributed by atoms with E-state index in [4.69, 9.17) is 5.73 Å². The molecule has 0 heterocycles. The van der Waals surface area contributed by atoms with Crippen molar-refractivity contribution in [3.63, 3.8) is 0 Å². The molecule has 86 valence electrons. The molecule has 1 aromatic rings. The maximum atomic E-state index is 12.0. The van der Waals surface area contributed by atoms with Crippen LogP contribution in [0.5, 0.6) is 0 Å². The zero-order valence-electron chi connectivity index (χ0n) is 9.60. The molecule has 2 rings (SSSR count). The van der Waals surface area contributed by atoms with Gasteiger partial charge in [0.2, 0.25) is 5.91 Å². The highest BCUT2D eigenvalue weighted by atomic mass is 16.2. The van der Waals surface area contributed by atoms with Crippen molar-refractivity contribution < 1.29 is 4.79 Å². The van der Waals surface area contributed by atoms with Crippen molar-refractivity contribution in [2.45, 2.75) is 18.9 Å². The van der Waals surface area contributed by atoms with Crippen molar-refractivity contribution in [1.29, 1.82) is 0 Å². The van der Waals surface area contributed by atoms with Crippen LogP contribution in [0.25, 0.3) is 0 Å². The van der Waals surface area contributed by atoms with Crippen molar-refractivity contribution in [3.05, 3.63) is 35.9 Å². The van der Waals surface area contributed by atoms with Crippen molar-refractivity contribution >= 4 is 5.91 Å². The summed E-state index contributed by atoms with van der Waals surface area (Å²) < 4.78 is 0. The van der Waals surface area contributed by atoms with Gasteiger partial charge < -0.3 is 10.6 Å². The molecule has 1 fully saturated rings. The lowest BCUT2D eigenvalue weighted by atomic mass is 10.1. The molecular weight excluding hydrogens is 200 g/mol. The second-order valence-electron chi connectivity index (χ2n) is 4.55. The van der Waals surface area contributed by atoms with Crippen LogP contribution in [-0.2, 0) is 4.79 Å². The highest BCUT2D eigenvalue weighted by molar-refractivity contribution is 5.82. The van der Waals surface area contributed by atoms with Crippen LogP contribution in [0, 0.1) is 5.92 Å². The van der Waals surface area contributed by atoms with Gasteiger partial charge in [0.25, 0.3) is 0 Å². The van der Waals surface area contributed by atoms with Crippen LogP contribution in [0.4, 0.5) is 0 Å². The van der Waals surface area contributed by atoms with Crippen molar-refractivity contribution in [2.24, 2.45) is 11.7 Å². The number of nitrogens with two attached hydrogens (primary N) is 1. The largest absolute Gasteiger partial charge is 0.344 e. The number of rotatable bonds is 4. The SMILES string of the molecule is CN(CC1CC1)C(=O)[C@@H](N)c1ccccc1. The van der Waals surface area contributed by atoms with Crippen molar-refractivity contribution in [3.8, 4) is 0 Å². The fourth-order valence-corrected chi connectivity index (χ4v) is 1.82. The third kappa shape index (κ3) is 2.61. The van der Waals surface area contributed by atoms with Crippen molar-refractivity contribution in [2.75, 3.05) is 13.6 Å². The molecule has 0 aromatic heterocycles. The molecular formula is C13H18N2O. The summed E-state index contributed by atoms with van der Waals surface area (Å²) >= 11 is 0. The van der Waals surface area contributed by atoms with E-state index in [-0.39, 0.29) is 5.91 Å². The van der Waals surface area contributed by atoms with Crippen LogP contribution in [0.2, 0.25) is 0 Å². The Morgan fingerprint density at radius 3 is 2.62 bits per heavy atom. The monoisotopic (exact) mass is 218 g/mol. The van der Waals surface area contributed by atoms with Gasteiger partial charge >= 0.3 is 0 Å². The van der Waals surface area contributed by atoms with E-state index in [0.29, 0.717) is 5.92 Å². The van der Waals surface area contributed by atoms with Crippen LogP contribution in [0.3, 0.4) is 0 Å². The third-order valence-electron chi connectivity index (χ3n) is 3.03. The molecule has 3 nitrogen and oxygen atoms in total. The number of nitrogens with zero attached hydrogens (tertiary/aromatic N) is 1. The quantitative estimate of drug-likeness (QED) is 0.833. The molecule has 16 heavy (non-hydrogen) atoms. The zero-order valence-corrected chi connectivity index (χ0v) is 9.60. The average molecular weight is 218 g/mol. The van der Waals surface area contributed by atoms with Gasteiger partial charge in [-0.1, -0.05) is 30.3 Å². The summed E-state index contributed by atoms with van der Waals surface area (Å²) in [5, 5.41) is 0. The van der Waals surface area contributed by atoms with E-state index in [1.54, 1.807) is 4.90 Å². The molecule has 1 saturated carbocycles. The van der Waals surface area contributed by atoms with Gasteiger partial charge in [0, 0.05) is 13.6 Å². The highest BCUT2D eigenvalue weighted by Crippen LogP contribution is 2.29. The number of hydrogen-bond donors (Lipinski definition) is 1. The van der Waals surface area contributed by atoms with Crippen LogP contribution in [-0.4, -0.2) is 24.4 Å². The zero-order chi connectivity index (χ0) is 11.5. The topological polar surface area (TPSA) is 46.3 Å². The molecule has 0 saturated heterocycles. The predicted octanol–water partition coefficient (Wildman–Crippen LogP) is 1.55. The van der Waals surface area contributed by atoms with Gasteiger partial charge in [-0.15, -0.1) is 0 Å². The van der Waals surface area contributed by atoms with Gasteiger partial charge in [0.15, 0.2) is 0 Å². The number of hydrogen-bond acceptors (Lipinski definition) is 2. The molecule has 1 aromatic carbocycles. The first-order chi connectivity index (χ1) is 7.68. The van der Waals surface area contributed by atoms with Crippen LogP contribution in [0.15, 0.2) is 30.3 Å². The fraction of sp³-hybridized carbons (Fsp3) is 0.462. The Labute approximate surface area is 96.2 Å². The Morgan fingerprint density at radius 2 is 2.06 bits per heavy atom. The first kappa shape index (κ1) is 11.1. The summed E-state index contributed by atoms with van der Waals surface area (Å²) in [5.74, 6) is 0.718. The minimum absolute atomic E-state index is 0.0121. The third-order valence-corrected chi connectivity index (χ3v) is 3.03. The summed E-state index contributed by atoms with van der Waals surface area (Å²) in [6, 6.07) is 9.01. The lowest BCUT2D eigenvalue weighted by molar-refractivity contribution is -0.131. The number of carbonyl (C=O) groups is 1. The smallest absolute Gasteiger partial charge is 0.243 e. The molecule has 0 spiro atoms. The molecule has 1 atom stereocenters. The second kappa shape index (κ2) is 4.66. The van der Waals surface area contributed by atoms with E-state index in [2.05, 4.69) is 0 Å². The normalized spacial score (nSPS) is 16.9. The summed E-state index contributed by atoms with van der Waals surface area (Å²) in [6.45, 7) is 0.847. The molecule has 0 aliphatic heterocycles. The molecule has 1 amide bonds. The van der Waals surface area contributed by atoms with E-state index in [1.165, 1.54) is 12.8 Å². The minimum atomic E-state index is -0.523. The molecule has 2 N–H and O–H groups in total. The minimum Gasteiger partial charge on any atom is -0.344 e. The number of benzene rings is 1. The summed E-state index contributed by atoms with van der Waals surface area (Å²) in [5.41, 5.74) is 6.83. The highest BCUT2D eigenvalue weighted by Gasteiger charge is 2.27. The van der Waals surface area contributed by atoms with Gasteiger partial charge in [0.05, 0.1) is 0 Å². The number of likely N-dealkylation sites (N-methyl/N-ethyl adjacent to an activating group) is 1. The molecule has 1 aliphatic rings. The molecule has 0 radical (unpaired) electrons. The van der Waals surface area contributed by atoms with Crippen LogP contribution in [0.1, 0.15) is 24.4 Å². The Morgan fingerprint density at radius 1 is 1.44 bits per heavy atom. The Bertz CT molecular complexity index is 359. The summed E-state index contributed by atoms with van der Waals surface area (Å²) in [6.07, 6.45) is 2.50. The molecule has 3 heteroatoms. The fourth-order valence-electron chi connectivity index (χ4n) is 1.82. The standard InChI is InChI=1S/C13H18N2O/c1-15(9-10-7-8-10)13(16)12(14)11-5-3-2-4-6-11/h2-6,10,12H,7-9,14H2,1H3/t12-/m0/s1. The van der Waals surface area contributed by atoms with E-state index >= 15 is 0 Å². The van der Waals surface area contributed by atoms with E-state index in [1.807, 2.05) is 37.4 Å². The summed E-state index contributed by atoms with van der Waals surface area (Å²) in [7, 11) is 1.84. The Kier molecular flexibility index (Phi) is 3.25. The van der Waals surface area contributed by atoms with Gasteiger partial charge in [-0.2, -0.15) is 0 Å². The first-order valence-electron chi connectivity index (χ1n) is 5.74. The Balaban J connectivity index is 1.97. The molecule has 1 aliphatic carbocycles. The molecule has 0 unspecified atom stereocenters. The predicted molar refractivity (Wildman–Crippen MR) is 63.7 cm³/mol. The van der Waals surface area contributed by atoms with E-state index in [0.717, 1.165) is 12.1 Å². The van der Waals surface area contributed by atoms with Gasteiger partial charge in [-0.05, 0) is 24.3 Å². The Hall–Kier alpha value is -1.35. The van der Waals surface area contributed by atoms with E-state index in [9.17, 15) is 4.79 Å². The van der Waals surface area contributed by atoms with Crippen molar-refractivity contribution in [1.82, 2.24) is 4.90 Å². The molecule has 0 bridgehead atoms. The van der Waals surface area contributed by atoms with Gasteiger partial charge in [-0.3, -0.25) is 4.79 Å². The van der Waals surface area contributed by atoms with Gasteiger partial charge in [0.1, 0.15) is 6.04 Å². The maximum absolute atomic E-state index is 12.0. The number of carbonyl (C=O) groups excluding carboxylic acids is 1. The second-order valence-corrected chi connectivity index (χ2v) is 4.55. The average Bonchev–Trinajstić information content (AvgIpc) is 3.12.